The molecule has 0 aliphatic carbocycles. The monoisotopic (exact) mass is 384 g/mol. The summed E-state index contributed by atoms with van der Waals surface area (Å²) < 4.78 is 113. The molecule has 0 aliphatic heterocycles. The van der Waals surface area contributed by atoms with Gasteiger partial charge in [-0.3, -0.25) is 0 Å². The molecule has 0 amide bonds. The van der Waals surface area contributed by atoms with E-state index in [0.717, 1.165) is 0 Å². The Hall–Kier alpha value is 0.390. The quantitative estimate of drug-likeness (QED) is 0.518. The van der Waals surface area contributed by atoms with Gasteiger partial charge in [0, 0.05) is 0 Å². The van der Waals surface area contributed by atoms with Gasteiger partial charge in [-0.05, 0) is 0 Å². The Bertz CT molecular complexity index is 420. The molecule has 0 heterocycles. The number of hydrogen-bond donors (Lipinski definition) is 0. The van der Waals surface area contributed by atoms with Gasteiger partial charge in [0.1, 0.15) is 30.4 Å². The van der Waals surface area contributed by atoms with Crippen molar-refractivity contribution < 1.29 is 77.9 Å². The van der Waals surface area contributed by atoms with Gasteiger partial charge in [-0.25, -0.2) is 38.4 Å². The molecular weight excluding hydrogens is 378 g/mol. The Balaban J connectivity index is -0.0000000865. The number of halogens is 3. The van der Waals surface area contributed by atoms with Crippen LogP contribution < -0.4 is 0 Å². The second kappa shape index (κ2) is 12.2. The van der Waals surface area contributed by atoms with Gasteiger partial charge >= 0.3 is 25.8 Å². The summed E-state index contributed by atoms with van der Waals surface area (Å²) in [7, 11) is -13.7. The second-order valence-electron chi connectivity index (χ2n) is 2.00. The molecule has 19 heavy (non-hydrogen) atoms. The molecule has 9 nitrogen and oxygen atoms in total. The minimum Gasteiger partial charge on any atom is -0.746 e. The molecule has 0 aromatic rings. The zero-order valence-corrected chi connectivity index (χ0v) is 13.0. The molecule has 0 unspecified atom stereocenters. The van der Waals surface area contributed by atoms with Crippen LogP contribution in [-0.2, 0) is 56.2 Å². The Labute approximate surface area is 126 Å². The van der Waals surface area contributed by atoms with E-state index < -0.39 is 48.4 Å². The van der Waals surface area contributed by atoms with E-state index in [0.29, 0.717) is 0 Å². The Morgan fingerprint density at radius 2 is 0.632 bits per heavy atom. The first-order valence-electron chi connectivity index (χ1n) is 3.17. The average Bonchev–Trinajstić information content (AvgIpc) is 2.16. The van der Waals surface area contributed by atoms with Crippen LogP contribution in [0.4, 0.5) is 13.2 Å². The Morgan fingerprint density at radius 1 is 0.579 bits per heavy atom. The molecule has 16 heteroatoms. The van der Waals surface area contributed by atoms with Crippen LogP contribution in [0.5, 0.6) is 0 Å². The molecular formula is C3H6F3O9S3Sc. The first-order valence-corrected chi connectivity index (χ1v) is 7.90. The zero-order valence-electron chi connectivity index (χ0n) is 8.73. The van der Waals surface area contributed by atoms with Crippen molar-refractivity contribution >= 4 is 30.4 Å². The molecule has 0 spiro atoms. The smallest absolute Gasteiger partial charge is 0.746 e. The van der Waals surface area contributed by atoms with Crippen LogP contribution in [0.15, 0.2) is 0 Å². The van der Waals surface area contributed by atoms with Crippen molar-refractivity contribution in [3.63, 3.8) is 0 Å². The minimum atomic E-state index is -4.58. The fourth-order valence-electron chi connectivity index (χ4n) is 0. The van der Waals surface area contributed by atoms with E-state index in [1.54, 1.807) is 0 Å². The van der Waals surface area contributed by atoms with E-state index in [1.165, 1.54) is 0 Å². The molecule has 0 atom stereocenters. The molecule has 0 bridgehead atoms. The SMILES string of the molecule is O=S(=O)([O-])CF.O=S(=O)([O-])CF.O=S(=O)([O-])CF.[Sc+3]. The van der Waals surface area contributed by atoms with Gasteiger partial charge in [-0.1, -0.05) is 0 Å². The van der Waals surface area contributed by atoms with Crippen molar-refractivity contribution in [3.8, 4) is 0 Å². The molecule has 0 fully saturated rings. The summed E-state index contributed by atoms with van der Waals surface area (Å²) >= 11 is 0. The van der Waals surface area contributed by atoms with Gasteiger partial charge in [0.15, 0.2) is 18.0 Å². The van der Waals surface area contributed by atoms with Crippen LogP contribution >= 0.6 is 0 Å². The average molecular weight is 384 g/mol. The Kier molecular flexibility index (Phi) is 17.7. The molecule has 0 saturated carbocycles. The predicted octanol–water partition coefficient (Wildman–Crippen LogP) is -1.63. The van der Waals surface area contributed by atoms with Crippen molar-refractivity contribution in [1.29, 1.82) is 0 Å². The van der Waals surface area contributed by atoms with Crippen LogP contribution in [0, 0.1) is 0 Å². The summed E-state index contributed by atoms with van der Waals surface area (Å²) in [6.45, 7) is 0. The van der Waals surface area contributed by atoms with E-state index in [9.17, 15) is 13.2 Å². The van der Waals surface area contributed by atoms with E-state index in [-0.39, 0.29) is 25.8 Å². The van der Waals surface area contributed by atoms with Gasteiger partial charge in [0.25, 0.3) is 0 Å². The zero-order chi connectivity index (χ0) is 15.6. The third-order valence-corrected chi connectivity index (χ3v) is 1.20. The topological polar surface area (TPSA) is 172 Å². The maximum Gasteiger partial charge on any atom is 3.00 e. The maximum atomic E-state index is 10.6. The summed E-state index contributed by atoms with van der Waals surface area (Å²) in [4.78, 5) is 0. The largest absolute Gasteiger partial charge is 3.00 e. The van der Waals surface area contributed by atoms with Crippen LogP contribution in [0.25, 0.3) is 0 Å². The van der Waals surface area contributed by atoms with Crippen LogP contribution in [0.1, 0.15) is 0 Å². The summed E-state index contributed by atoms with van der Waals surface area (Å²) in [5.41, 5.74) is 0. The summed E-state index contributed by atoms with van der Waals surface area (Å²) in [5.74, 6) is 0. The van der Waals surface area contributed by atoms with Crippen LogP contribution in [0.3, 0.4) is 0 Å². The van der Waals surface area contributed by atoms with E-state index in [1.807, 2.05) is 0 Å². The van der Waals surface area contributed by atoms with Gasteiger partial charge in [0.2, 0.25) is 0 Å². The molecule has 114 valence electrons. The number of hydrogen-bond acceptors (Lipinski definition) is 9. The minimum absolute atomic E-state index is 0. The molecule has 0 rings (SSSR count). The number of rotatable bonds is 3. The molecule has 0 N–H and O–H groups in total. The van der Waals surface area contributed by atoms with Crippen molar-refractivity contribution in [3.05, 3.63) is 0 Å². The molecule has 0 aromatic carbocycles. The number of alkyl halides is 3. The summed E-state index contributed by atoms with van der Waals surface area (Å²) in [6.07, 6.45) is 0. The third kappa shape index (κ3) is 56.0. The van der Waals surface area contributed by atoms with Crippen molar-refractivity contribution in [2.75, 3.05) is 18.0 Å². The third-order valence-electron chi connectivity index (χ3n) is 0.401. The summed E-state index contributed by atoms with van der Waals surface area (Å²) in [6, 6.07) is -5.44. The van der Waals surface area contributed by atoms with Crippen molar-refractivity contribution in [2.24, 2.45) is 0 Å². The normalized spacial score (nSPS) is 11.1. The maximum absolute atomic E-state index is 10.6. The van der Waals surface area contributed by atoms with Gasteiger partial charge in [-0.15, -0.1) is 0 Å². The molecule has 0 aliphatic rings. The predicted molar refractivity (Wildman–Crippen MR) is 47.0 cm³/mol. The first kappa shape index (κ1) is 27.7. The van der Waals surface area contributed by atoms with E-state index >= 15 is 0 Å². The summed E-state index contributed by atoms with van der Waals surface area (Å²) in [5, 5.41) is 0. The Morgan fingerprint density at radius 3 is 0.632 bits per heavy atom. The van der Waals surface area contributed by atoms with E-state index in [2.05, 4.69) is 0 Å². The van der Waals surface area contributed by atoms with Gasteiger partial charge < -0.3 is 13.7 Å². The fourth-order valence-corrected chi connectivity index (χ4v) is 0. The van der Waals surface area contributed by atoms with Crippen LogP contribution in [0.2, 0.25) is 0 Å². The van der Waals surface area contributed by atoms with Crippen LogP contribution in [-0.4, -0.2) is 56.9 Å². The van der Waals surface area contributed by atoms with Crippen molar-refractivity contribution in [2.45, 2.75) is 0 Å². The second-order valence-corrected chi connectivity index (χ2v) is 6.00. The molecule has 0 radical (unpaired) electrons. The molecule has 0 aromatic heterocycles. The van der Waals surface area contributed by atoms with E-state index in [4.69, 9.17) is 38.9 Å². The first-order chi connectivity index (χ1) is 7.68. The molecule has 0 saturated heterocycles. The van der Waals surface area contributed by atoms with Crippen molar-refractivity contribution in [1.82, 2.24) is 0 Å². The van der Waals surface area contributed by atoms with Gasteiger partial charge in [0.05, 0.1) is 0 Å². The standard InChI is InChI=1S/3CH3FO3S.Sc/c3*2-1-6(3,4)5;/h3*1H2,(H,3,4,5);/q;;;+3/p-3. The fraction of sp³-hybridized carbons (Fsp3) is 1.00. The van der Waals surface area contributed by atoms with Gasteiger partial charge in [-0.2, -0.15) is 0 Å².